The molecule has 0 aliphatic carbocycles. The largest absolute Gasteiger partial charge is 0.383 e. The van der Waals surface area contributed by atoms with Gasteiger partial charge in [-0.1, -0.05) is 0 Å². The summed E-state index contributed by atoms with van der Waals surface area (Å²) in [5.74, 6) is 1.49. The first kappa shape index (κ1) is 15.3. The molecule has 0 unspecified atom stereocenters. The molecule has 0 amide bonds. The first-order valence-electron chi connectivity index (χ1n) is 6.30. The summed E-state index contributed by atoms with van der Waals surface area (Å²) in [4.78, 5) is 6.92. The van der Waals surface area contributed by atoms with Gasteiger partial charge in [-0.3, -0.25) is 0 Å². The van der Waals surface area contributed by atoms with Gasteiger partial charge in [-0.15, -0.1) is 11.6 Å². The molecule has 0 aliphatic heterocycles. The third kappa shape index (κ3) is 3.59. The van der Waals surface area contributed by atoms with E-state index in [1.54, 1.807) is 7.11 Å². The van der Waals surface area contributed by atoms with Crippen LogP contribution in [-0.2, 0) is 10.6 Å². The van der Waals surface area contributed by atoms with Crippen molar-refractivity contribution in [3.8, 4) is 0 Å². The molecule has 1 rings (SSSR count). The van der Waals surface area contributed by atoms with Gasteiger partial charge in [0.2, 0.25) is 0 Å². The van der Waals surface area contributed by atoms with Crippen molar-refractivity contribution < 1.29 is 4.74 Å². The molecule has 102 valence electrons. The van der Waals surface area contributed by atoms with Crippen LogP contribution in [0.5, 0.6) is 0 Å². The quantitative estimate of drug-likeness (QED) is 0.742. The van der Waals surface area contributed by atoms with Crippen molar-refractivity contribution in [2.75, 3.05) is 25.2 Å². The lowest BCUT2D eigenvalue weighted by molar-refractivity contribution is 0.203. The third-order valence-corrected chi connectivity index (χ3v) is 3.29. The number of hydrogen-bond donors (Lipinski definition) is 0. The lowest BCUT2D eigenvalue weighted by Gasteiger charge is -2.30. The highest BCUT2D eigenvalue weighted by Crippen LogP contribution is 2.25. The number of ether oxygens (including phenoxy) is 1. The van der Waals surface area contributed by atoms with E-state index < -0.39 is 0 Å². The van der Waals surface area contributed by atoms with E-state index >= 15 is 0 Å². The van der Waals surface area contributed by atoms with Gasteiger partial charge in [-0.05, 0) is 39.3 Å². The Bertz CT molecular complexity index is 394. The van der Waals surface area contributed by atoms with Crippen LogP contribution in [0.25, 0.3) is 0 Å². The summed E-state index contributed by atoms with van der Waals surface area (Å²) in [5.41, 5.74) is 3.35. The molecule has 18 heavy (non-hydrogen) atoms. The van der Waals surface area contributed by atoms with Crippen molar-refractivity contribution in [1.29, 1.82) is 0 Å². The summed E-state index contributed by atoms with van der Waals surface area (Å²) in [6, 6.07) is 2.45. The zero-order valence-electron chi connectivity index (χ0n) is 12.0. The van der Waals surface area contributed by atoms with Crippen LogP contribution in [0.15, 0.2) is 6.07 Å². The van der Waals surface area contributed by atoms with E-state index in [0.29, 0.717) is 18.5 Å². The van der Waals surface area contributed by atoms with E-state index in [1.807, 2.05) is 6.92 Å². The van der Waals surface area contributed by atoms with Crippen LogP contribution in [-0.4, -0.2) is 31.3 Å². The third-order valence-electron chi connectivity index (χ3n) is 3.02. The second-order valence-corrected chi connectivity index (χ2v) is 5.06. The average Bonchev–Trinajstić information content (AvgIpc) is 2.28. The lowest BCUT2D eigenvalue weighted by atomic mass is 10.1. The number of hydrogen-bond acceptors (Lipinski definition) is 3. The van der Waals surface area contributed by atoms with E-state index in [-0.39, 0.29) is 0 Å². The lowest BCUT2D eigenvalue weighted by Crippen LogP contribution is -2.35. The molecule has 3 nitrogen and oxygen atoms in total. The zero-order valence-corrected chi connectivity index (χ0v) is 12.7. The van der Waals surface area contributed by atoms with Crippen LogP contribution in [0.3, 0.4) is 0 Å². The van der Waals surface area contributed by atoms with Gasteiger partial charge >= 0.3 is 0 Å². The minimum Gasteiger partial charge on any atom is -0.383 e. The maximum Gasteiger partial charge on any atom is 0.133 e. The van der Waals surface area contributed by atoms with Gasteiger partial charge in [0.1, 0.15) is 5.82 Å². The number of methoxy groups -OCH3 is 1. The molecule has 0 aromatic carbocycles. The molecule has 0 N–H and O–H groups in total. The predicted octanol–water partition coefficient (Wildman–Crippen LogP) is 3.30. The van der Waals surface area contributed by atoms with E-state index in [4.69, 9.17) is 16.3 Å². The van der Waals surface area contributed by atoms with Gasteiger partial charge < -0.3 is 9.64 Å². The SMILES string of the molecule is COCCN(c1nc(C)cc(C)c1CCl)C(C)C. The van der Waals surface area contributed by atoms with Crippen molar-refractivity contribution in [1.82, 2.24) is 4.98 Å². The molecule has 1 aromatic rings. The number of pyridine rings is 1. The second-order valence-electron chi connectivity index (χ2n) is 4.80. The first-order valence-corrected chi connectivity index (χ1v) is 6.83. The van der Waals surface area contributed by atoms with Gasteiger partial charge in [-0.25, -0.2) is 4.98 Å². The molecule has 0 fully saturated rings. The Hall–Kier alpha value is -0.800. The summed E-state index contributed by atoms with van der Waals surface area (Å²) in [6.07, 6.45) is 0. The highest BCUT2D eigenvalue weighted by atomic mass is 35.5. The molecular formula is C14H23ClN2O. The fraction of sp³-hybridized carbons (Fsp3) is 0.643. The van der Waals surface area contributed by atoms with Gasteiger partial charge in [0.25, 0.3) is 0 Å². The summed E-state index contributed by atoms with van der Waals surface area (Å²) in [6.45, 7) is 9.94. The summed E-state index contributed by atoms with van der Waals surface area (Å²) >= 11 is 6.07. The van der Waals surface area contributed by atoms with Crippen molar-refractivity contribution in [2.24, 2.45) is 0 Å². The summed E-state index contributed by atoms with van der Waals surface area (Å²) < 4.78 is 5.18. The van der Waals surface area contributed by atoms with Crippen LogP contribution < -0.4 is 4.90 Å². The highest BCUT2D eigenvalue weighted by molar-refractivity contribution is 6.17. The van der Waals surface area contributed by atoms with E-state index in [9.17, 15) is 0 Å². The van der Waals surface area contributed by atoms with E-state index in [1.165, 1.54) is 5.56 Å². The van der Waals surface area contributed by atoms with Crippen molar-refractivity contribution >= 4 is 17.4 Å². The van der Waals surface area contributed by atoms with E-state index in [2.05, 4.69) is 36.7 Å². The van der Waals surface area contributed by atoms with E-state index in [0.717, 1.165) is 23.6 Å². The maximum absolute atomic E-state index is 6.07. The van der Waals surface area contributed by atoms with Crippen LogP contribution in [0.2, 0.25) is 0 Å². The van der Waals surface area contributed by atoms with Crippen LogP contribution in [0, 0.1) is 13.8 Å². The molecule has 0 atom stereocenters. The molecule has 0 saturated heterocycles. The zero-order chi connectivity index (χ0) is 13.7. The number of alkyl halides is 1. The molecular weight excluding hydrogens is 248 g/mol. The Morgan fingerprint density at radius 3 is 2.56 bits per heavy atom. The molecule has 0 spiro atoms. The number of halogens is 1. The van der Waals surface area contributed by atoms with Crippen molar-refractivity contribution in [2.45, 2.75) is 39.6 Å². The van der Waals surface area contributed by atoms with Gasteiger partial charge in [0, 0.05) is 31.0 Å². The van der Waals surface area contributed by atoms with Crippen molar-refractivity contribution in [3.63, 3.8) is 0 Å². The topological polar surface area (TPSA) is 25.4 Å². The standard InChI is InChI=1S/C14H23ClN2O/c1-10(2)17(6-7-18-5)14-13(9-15)11(3)8-12(4)16-14/h8,10H,6-7,9H2,1-5H3. The number of aryl methyl sites for hydroxylation is 2. The number of aromatic nitrogens is 1. The molecule has 1 aromatic heterocycles. The number of anilines is 1. The normalized spacial score (nSPS) is 11.1. The predicted molar refractivity (Wildman–Crippen MR) is 77.6 cm³/mol. The highest BCUT2D eigenvalue weighted by Gasteiger charge is 2.17. The Kier molecular flexibility index (Phi) is 5.89. The smallest absolute Gasteiger partial charge is 0.133 e. The second kappa shape index (κ2) is 6.95. The Morgan fingerprint density at radius 1 is 1.39 bits per heavy atom. The van der Waals surface area contributed by atoms with Crippen LogP contribution >= 0.6 is 11.6 Å². The molecule has 4 heteroatoms. The number of rotatable bonds is 6. The van der Waals surface area contributed by atoms with Gasteiger partial charge in [-0.2, -0.15) is 0 Å². The fourth-order valence-corrected chi connectivity index (χ4v) is 2.37. The molecule has 0 radical (unpaired) electrons. The first-order chi connectivity index (χ1) is 8.51. The van der Waals surface area contributed by atoms with Crippen LogP contribution in [0.4, 0.5) is 5.82 Å². The molecule has 0 aliphatic rings. The van der Waals surface area contributed by atoms with Crippen LogP contribution in [0.1, 0.15) is 30.7 Å². The molecule has 1 heterocycles. The molecule has 0 saturated carbocycles. The molecule has 0 bridgehead atoms. The minimum atomic E-state index is 0.371. The summed E-state index contributed by atoms with van der Waals surface area (Å²) in [5, 5.41) is 0. The summed E-state index contributed by atoms with van der Waals surface area (Å²) in [7, 11) is 1.72. The van der Waals surface area contributed by atoms with Gasteiger partial charge in [0.05, 0.1) is 12.5 Å². The Labute approximate surface area is 115 Å². The van der Waals surface area contributed by atoms with Gasteiger partial charge in [0.15, 0.2) is 0 Å². The van der Waals surface area contributed by atoms with Crippen molar-refractivity contribution in [3.05, 3.63) is 22.9 Å². The fourth-order valence-electron chi connectivity index (χ4n) is 2.04. The monoisotopic (exact) mass is 270 g/mol. The number of nitrogens with zero attached hydrogens (tertiary/aromatic N) is 2. The Balaban J connectivity index is 3.17. The maximum atomic E-state index is 6.07. The minimum absolute atomic E-state index is 0.371. The average molecular weight is 271 g/mol. The Morgan fingerprint density at radius 2 is 2.06 bits per heavy atom.